The number of nitrogens with zero attached hydrogens (tertiary/aromatic N) is 1. The molecule has 0 saturated carbocycles. The fourth-order valence-corrected chi connectivity index (χ4v) is 2.68. The second-order valence-corrected chi connectivity index (χ2v) is 6.31. The molecule has 0 heterocycles. The summed E-state index contributed by atoms with van der Waals surface area (Å²) >= 11 is 1.60. The van der Waals surface area contributed by atoms with Gasteiger partial charge in [-0.2, -0.15) is 5.10 Å². The molecule has 2 rings (SSSR count). The minimum Gasteiger partial charge on any atom is -0.272 e. The van der Waals surface area contributed by atoms with Crippen molar-refractivity contribution in [3.05, 3.63) is 71.8 Å². The zero-order valence-corrected chi connectivity index (χ0v) is 13.6. The second kappa shape index (κ2) is 8.39. The van der Waals surface area contributed by atoms with Gasteiger partial charge in [0.15, 0.2) is 0 Å². The zero-order valence-electron chi connectivity index (χ0n) is 12.8. The highest BCUT2D eigenvalue weighted by atomic mass is 32.2. The van der Waals surface area contributed by atoms with E-state index in [1.54, 1.807) is 11.8 Å². The van der Waals surface area contributed by atoms with E-state index in [-0.39, 0.29) is 11.2 Å². The maximum absolute atomic E-state index is 12.1. The number of carbonyl (C=O) groups excluding carboxylic acids is 1. The van der Waals surface area contributed by atoms with Crippen molar-refractivity contribution in [1.29, 1.82) is 0 Å². The lowest BCUT2D eigenvalue weighted by Crippen LogP contribution is -2.27. The van der Waals surface area contributed by atoms with Crippen molar-refractivity contribution in [2.75, 3.05) is 0 Å². The third-order valence-electron chi connectivity index (χ3n) is 3.24. The Balaban J connectivity index is 1.84. The third kappa shape index (κ3) is 5.04. The van der Waals surface area contributed by atoms with Gasteiger partial charge in [-0.05, 0) is 25.0 Å². The summed E-state index contributed by atoms with van der Waals surface area (Å²) < 4.78 is 0. The van der Waals surface area contributed by atoms with E-state index < -0.39 is 0 Å². The highest BCUT2D eigenvalue weighted by Crippen LogP contribution is 2.17. The minimum atomic E-state index is -0.146. The zero-order chi connectivity index (χ0) is 15.8. The number of rotatable bonds is 6. The van der Waals surface area contributed by atoms with Crippen molar-refractivity contribution >= 4 is 23.4 Å². The quantitative estimate of drug-likeness (QED) is 0.650. The summed E-state index contributed by atoms with van der Waals surface area (Å²) in [4.78, 5) is 12.1. The molecular weight excluding hydrogens is 292 g/mol. The predicted octanol–water partition coefficient (Wildman–Crippen LogP) is 3.85. The fraction of sp³-hybridized carbons (Fsp3) is 0.222. The van der Waals surface area contributed by atoms with Crippen LogP contribution in [0.25, 0.3) is 0 Å². The standard InChI is InChI=1S/C18H20N2OS/c1-14(17-11-7-4-8-12-17)19-20-18(21)15(2)22-13-16-9-5-3-6-10-16/h3-12,15H,13H2,1-2H3,(H,20,21)/b19-14-/t15-/m0/s1. The molecule has 114 valence electrons. The van der Waals surface area contributed by atoms with Crippen LogP contribution in [-0.2, 0) is 10.5 Å². The molecule has 22 heavy (non-hydrogen) atoms. The van der Waals surface area contributed by atoms with E-state index in [9.17, 15) is 4.79 Å². The van der Waals surface area contributed by atoms with Crippen LogP contribution in [0.1, 0.15) is 25.0 Å². The Morgan fingerprint density at radius 3 is 2.32 bits per heavy atom. The first-order valence-electron chi connectivity index (χ1n) is 7.22. The van der Waals surface area contributed by atoms with Gasteiger partial charge in [0, 0.05) is 5.75 Å². The average molecular weight is 312 g/mol. The lowest BCUT2D eigenvalue weighted by Gasteiger charge is -2.10. The van der Waals surface area contributed by atoms with Crippen LogP contribution < -0.4 is 5.43 Å². The molecule has 0 aromatic heterocycles. The van der Waals surface area contributed by atoms with Crippen LogP contribution in [-0.4, -0.2) is 16.9 Å². The van der Waals surface area contributed by atoms with Crippen LogP contribution in [0.3, 0.4) is 0 Å². The third-order valence-corrected chi connectivity index (χ3v) is 4.45. The Morgan fingerprint density at radius 1 is 1.09 bits per heavy atom. The van der Waals surface area contributed by atoms with Crippen LogP contribution in [0, 0.1) is 0 Å². The van der Waals surface area contributed by atoms with E-state index in [1.807, 2.05) is 62.4 Å². The van der Waals surface area contributed by atoms with Gasteiger partial charge < -0.3 is 0 Å². The Morgan fingerprint density at radius 2 is 1.68 bits per heavy atom. The molecule has 0 fully saturated rings. The lowest BCUT2D eigenvalue weighted by molar-refractivity contribution is -0.120. The van der Waals surface area contributed by atoms with Crippen LogP contribution in [0.15, 0.2) is 65.8 Å². The molecule has 0 unspecified atom stereocenters. The number of carbonyl (C=O) groups is 1. The predicted molar refractivity (Wildman–Crippen MR) is 94.0 cm³/mol. The highest BCUT2D eigenvalue weighted by Gasteiger charge is 2.12. The molecule has 0 saturated heterocycles. The summed E-state index contributed by atoms with van der Waals surface area (Å²) in [6, 6.07) is 19.9. The summed E-state index contributed by atoms with van der Waals surface area (Å²) in [5.41, 5.74) is 5.67. The van der Waals surface area contributed by atoms with Crippen molar-refractivity contribution in [2.45, 2.75) is 24.9 Å². The lowest BCUT2D eigenvalue weighted by atomic mass is 10.1. The fourth-order valence-electron chi connectivity index (χ4n) is 1.84. The molecule has 1 amide bonds. The molecule has 0 aliphatic heterocycles. The number of nitrogens with one attached hydrogen (secondary N) is 1. The number of thioether (sulfide) groups is 1. The second-order valence-electron chi connectivity index (χ2n) is 4.98. The number of hydrogen-bond acceptors (Lipinski definition) is 3. The summed E-state index contributed by atoms with van der Waals surface area (Å²) in [6.45, 7) is 3.79. The molecule has 1 N–H and O–H groups in total. The van der Waals surface area contributed by atoms with Crippen LogP contribution in [0.4, 0.5) is 0 Å². The molecule has 0 aliphatic rings. The van der Waals surface area contributed by atoms with E-state index in [2.05, 4.69) is 22.7 Å². The van der Waals surface area contributed by atoms with Gasteiger partial charge in [0.1, 0.15) is 0 Å². The first-order valence-corrected chi connectivity index (χ1v) is 8.27. The Bertz CT molecular complexity index is 626. The summed E-state index contributed by atoms with van der Waals surface area (Å²) in [6.07, 6.45) is 0. The van der Waals surface area contributed by atoms with E-state index in [0.29, 0.717) is 0 Å². The number of hydrogen-bond donors (Lipinski definition) is 1. The van der Waals surface area contributed by atoms with Gasteiger partial charge in [-0.25, -0.2) is 5.43 Å². The molecule has 4 heteroatoms. The van der Waals surface area contributed by atoms with Gasteiger partial charge in [0.25, 0.3) is 5.91 Å². The smallest absolute Gasteiger partial charge is 0.252 e. The number of hydrazone groups is 1. The van der Waals surface area contributed by atoms with E-state index in [4.69, 9.17) is 0 Å². The largest absolute Gasteiger partial charge is 0.272 e. The Kier molecular flexibility index (Phi) is 6.22. The van der Waals surface area contributed by atoms with Crippen LogP contribution in [0.5, 0.6) is 0 Å². The summed E-state index contributed by atoms with van der Waals surface area (Å²) in [7, 11) is 0. The molecule has 1 atom stereocenters. The average Bonchev–Trinajstić information content (AvgIpc) is 2.58. The number of amides is 1. The van der Waals surface area contributed by atoms with Crippen molar-refractivity contribution in [2.24, 2.45) is 5.10 Å². The van der Waals surface area contributed by atoms with Crippen molar-refractivity contribution in [3.8, 4) is 0 Å². The minimum absolute atomic E-state index is 0.0730. The maximum Gasteiger partial charge on any atom is 0.252 e. The summed E-state index contributed by atoms with van der Waals surface area (Å²) in [5, 5.41) is 4.03. The van der Waals surface area contributed by atoms with Crippen molar-refractivity contribution in [1.82, 2.24) is 5.43 Å². The van der Waals surface area contributed by atoms with Gasteiger partial charge in [-0.15, -0.1) is 11.8 Å². The van der Waals surface area contributed by atoms with Gasteiger partial charge in [0.2, 0.25) is 0 Å². The van der Waals surface area contributed by atoms with Gasteiger partial charge in [-0.3, -0.25) is 4.79 Å². The van der Waals surface area contributed by atoms with Crippen LogP contribution in [0.2, 0.25) is 0 Å². The molecule has 0 radical (unpaired) electrons. The Labute approximate surface area is 135 Å². The Hall–Kier alpha value is -2.07. The van der Waals surface area contributed by atoms with Crippen molar-refractivity contribution < 1.29 is 4.79 Å². The SMILES string of the molecule is C/C(=N/NC(=O)[C@H](C)SCc1ccccc1)c1ccccc1. The molecule has 2 aromatic carbocycles. The summed E-state index contributed by atoms with van der Waals surface area (Å²) in [5.74, 6) is 0.743. The first kappa shape index (κ1) is 16.3. The van der Waals surface area contributed by atoms with Gasteiger partial charge >= 0.3 is 0 Å². The van der Waals surface area contributed by atoms with E-state index >= 15 is 0 Å². The van der Waals surface area contributed by atoms with Crippen molar-refractivity contribution in [3.63, 3.8) is 0 Å². The van der Waals surface area contributed by atoms with Crippen LogP contribution >= 0.6 is 11.8 Å². The normalized spacial score (nSPS) is 12.7. The molecule has 0 aliphatic carbocycles. The van der Waals surface area contributed by atoms with E-state index in [0.717, 1.165) is 17.0 Å². The van der Waals surface area contributed by atoms with Gasteiger partial charge in [0.05, 0.1) is 11.0 Å². The monoisotopic (exact) mass is 312 g/mol. The molecule has 2 aromatic rings. The van der Waals surface area contributed by atoms with E-state index in [1.165, 1.54) is 5.56 Å². The topological polar surface area (TPSA) is 41.5 Å². The number of benzene rings is 2. The first-order chi connectivity index (χ1) is 10.7. The molecular formula is C18H20N2OS. The maximum atomic E-state index is 12.1. The molecule has 0 spiro atoms. The highest BCUT2D eigenvalue weighted by molar-refractivity contribution is 7.99. The molecule has 3 nitrogen and oxygen atoms in total. The molecule has 0 bridgehead atoms. The van der Waals surface area contributed by atoms with Gasteiger partial charge in [-0.1, -0.05) is 60.7 Å².